The number of aryl methyl sites for hydroxylation is 1. The molecule has 0 spiro atoms. The predicted octanol–water partition coefficient (Wildman–Crippen LogP) is 3.58. The SMILES string of the molecule is Cc1ccc(O[C@H](C)C(=O)N2CCC([C@@H]3C[C@H](C(F)(F)F)n4ncnc4N3)CC2)cc1. The average molecular weight is 437 g/mol. The molecule has 2 aromatic rings. The monoisotopic (exact) mass is 437 g/mol. The van der Waals surface area contributed by atoms with Crippen molar-refractivity contribution in [3.05, 3.63) is 36.2 Å². The number of likely N-dealkylation sites (tertiary alicyclic amines) is 1. The molecule has 1 amide bonds. The number of hydrogen-bond acceptors (Lipinski definition) is 5. The molecule has 168 valence electrons. The first-order chi connectivity index (χ1) is 14.7. The number of carbonyl (C=O) groups is 1. The summed E-state index contributed by atoms with van der Waals surface area (Å²) < 4.78 is 47.2. The first-order valence-corrected chi connectivity index (χ1v) is 10.5. The minimum Gasteiger partial charge on any atom is -0.481 e. The second-order valence-corrected chi connectivity index (χ2v) is 8.31. The van der Waals surface area contributed by atoms with Crippen molar-refractivity contribution in [2.75, 3.05) is 18.4 Å². The molecule has 0 aliphatic carbocycles. The Morgan fingerprint density at radius 3 is 2.55 bits per heavy atom. The number of halogens is 3. The number of nitrogens with one attached hydrogen (secondary N) is 1. The van der Waals surface area contributed by atoms with E-state index in [0.717, 1.165) is 16.6 Å². The smallest absolute Gasteiger partial charge is 0.411 e. The van der Waals surface area contributed by atoms with Gasteiger partial charge in [-0.25, -0.2) is 4.68 Å². The topological polar surface area (TPSA) is 72.3 Å². The second-order valence-electron chi connectivity index (χ2n) is 8.31. The van der Waals surface area contributed by atoms with Crippen LogP contribution >= 0.6 is 0 Å². The molecule has 1 N–H and O–H groups in total. The molecule has 0 saturated carbocycles. The van der Waals surface area contributed by atoms with Crippen molar-refractivity contribution in [1.29, 1.82) is 0 Å². The van der Waals surface area contributed by atoms with E-state index < -0.39 is 18.3 Å². The number of piperidine rings is 1. The molecule has 0 unspecified atom stereocenters. The Hall–Kier alpha value is -2.78. The van der Waals surface area contributed by atoms with Gasteiger partial charge in [-0.05, 0) is 51.2 Å². The standard InChI is InChI=1S/C21H26F3N5O2/c1-13-3-5-16(6-4-13)31-14(2)19(30)28-9-7-15(8-10-28)17-11-18(21(22,23)24)29-20(27-17)25-12-26-29/h3-6,12,14-15,17-18H,7-11H2,1-2H3,(H,25,26,27)/t14-,17+,18-/m1/s1. The van der Waals surface area contributed by atoms with Gasteiger partial charge in [0.25, 0.3) is 5.91 Å². The lowest BCUT2D eigenvalue weighted by Gasteiger charge is -2.40. The van der Waals surface area contributed by atoms with Crippen molar-refractivity contribution in [1.82, 2.24) is 19.7 Å². The summed E-state index contributed by atoms with van der Waals surface area (Å²) in [4.78, 5) is 18.5. The van der Waals surface area contributed by atoms with Crippen molar-refractivity contribution in [2.45, 2.75) is 57.5 Å². The molecule has 1 saturated heterocycles. The quantitative estimate of drug-likeness (QED) is 0.792. The lowest BCUT2D eigenvalue weighted by Crippen LogP contribution is -2.49. The molecule has 4 rings (SSSR count). The summed E-state index contributed by atoms with van der Waals surface area (Å²) in [7, 11) is 0. The molecule has 0 radical (unpaired) electrons. The van der Waals surface area contributed by atoms with Gasteiger partial charge < -0.3 is 15.0 Å². The molecular formula is C21H26F3N5O2. The number of carbonyl (C=O) groups excluding carboxylic acids is 1. The van der Waals surface area contributed by atoms with E-state index in [-0.39, 0.29) is 30.2 Å². The minimum atomic E-state index is -4.39. The maximum absolute atomic E-state index is 13.5. The summed E-state index contributed by atoms with van der Waals surface area (Å²) >= 11 is 0. The molecule has 31 heavy (non-hydrogen) atoms. The molecule has 0 bridgehead atoms. The van der Waals surface area contributed by atoms with Gasteiger partial charge >= 0.3 is 6.18 Å². The Kier molecular flexibility index (Phi) is 5.81. The molecule has 2 aliphatic heterocycles. The third kappa shape index (κ3) is 4.62. The largest absolute Gasteiger partial charge is 0.481 e. The molecular weight excluding hydrogens is 411 g/mol. The van der Waals surface area contributed by atoms with Crippen LogP contribution in [0, 0.1) is 12.8 Å². The van der Waals surface area contributed by atoms with Crippen LogP contribution in [-0.4, -0.2) is 57.0 Å². The van der Waals surface area contributed by atoms with Gasteiger partial charge in [-0.15, -0.1) is 0 Å². The first-order valence-electron chi connectivity index (χ1n) is 10.5. The van der Waals surface area contributed by atoms with Crippen molar-refractivity contribution in [3.63, 3.8) is 0 Å². The lowest BCUT2D eigenvalue weighted by atomic mass is 9.85. The van der Waals surface area contributed by atoms with Crippen LogP contribution in [0.5, 0.6) is 5.75 Å². The van der Waals surface area contributed by atoms with E-state index in [1.165, 1.54) is 0 Å². The summed E-state index contributed by atoms with van der Waals surface area (Å²) in [5.74, 6) is 0.698. The average Bonchev–Trinajstić information content (AvgIpc) is 3.22. The number of nitrogens with zero attached hydrogens (tertiary/aromatic N) is 4. The number of ether oxygens (including phenoxy) is 1. The van der Waals surface area contributed by atoms with Crippen molar-refractivity contribution in [3.8, 4) is 5.75 Å². The third-order valence-electron chi connectivity index (χ3n) is 6.14. The van der Waals surface area contributed by atoms with Gasteiger partial charge in [-0.2, -0.15) is 23.3 Å². The summed E-state index contributed by atoms with van der Waals surface area (Å²) in [6.07, 6.45) is -2.72. The summed E-state index contributed by atoms with van der Waals surface area (Å²) in [6.45, 7) is 4.68. The molecule has 3 atom stereocenters. The summed E-state index contributed by atoms with van der Waals surface area (Å²) in [5.41, 5.74) is 1.11. The number of aromatic nitrogens is 3. The molecule has 1 aromatic heterocycles. The maximum Gasteiger partial charge on any atom is 0.411 e. The highest BCUT2D eigenvalue weighted by Gasteiger charge is 2.48. The zero-order valence-electron chi connectivity index (χ0n) is 17.5. The molecule has 7 nitrogen and oxygen atoms in total. The van der Waals surface area contributed by atoms with Crippen molar-refractivity contribution >= 4 is 11.9 Å². The first kappa shape index (κ1) is 21.5. The van der Waals surface area contributed by atoms with Gasteiger partial charge in [0, 0.05) is 19.1 Å². The number of amides is 1. The number of fused-ring (bicyclic) bond motifs is 1. The van der Waals surface area contributed by atoms with E-state index in [4.69, 9.17) is 4.74 Å². The van der Waals surface area contributed by atoms with Crippen LogP contribution in [0.1, 0.15) is 37.8 Å². The third-order valence-corrected chi connectivity index (χ3v) is 6.14. The summed E-state index contributed by atoms with van der Waals surface area (Å²) in [6, 6.07) is 5.46. The fourth-order valence-corrected chi connectivity index (χ4v) is 4.38. The minimum absolute atomic E-state index is 0.0210. The molecule has 10 heteroatoms. The highest BCUT2D eigenvalue weighted by molar-refractivity contribution is 5.81. The molecule has 1 fully saturated rings. The number of rotatable bonds is 4. The number of benzene rings is 1. The van der Waals surface area contributed by atoms with Crippen LogP contribution in [0.2, 0.25) is 0 Å². The van der Waals surface area contributed by atoms with E-state index in [0.29, 0.717) is 31.7 Å². The Labute approximate surface area is 178 Å². The normalized spacial score (nSPS) is 23.1. The van der Waals surface area contributed by atoms with E-state index in [9.17, 15) is 18.0 Å². The van der Waals surface area contributed by atoms with E-state index in [1.54, 1.807) is 11.8 Å². The van der Waals surface area contributed by atoms with Gasteiger partial charge in [0.15, 0.2) is 12.1 Å². The van der Waals surface area contributed by atoms with E-state index >= 15 is 0 Å². The van der Waals surface area contributed by atoms with Crippen LogP contribution in [0.15, 0.2) is 30.6 Å². The fraction of sp³-hybridized carbons (Fsp3) is 0.571. The summed E-state index contributed by atoms with van der Waals surface area (Å²) in [5, 5.41) is 6.85. The van der Waals surface area contributed by atoms with Crippen molar-refractivity contribution in [2.24, 2.45) is 5.92 Å². The van der Waals surface area contributed by atoms with Crippen LogP contribution in [0.3, 0.4) is 0 Å². The Balaban J connectivity index is 1.34. The Morgan fingerprint density at radius 1 is 1.23 bits per heavy atom. The van der Waals surface area contributed by atoms with E-state index in [1.807, 2.05) is 31.2 Å². The number of hydrogen-bond donors (Lipinski definition) is 1. The molecule has 1 aromatic carbocycles. The van der Waals surface area contributed by atoms with Gasteiger partial charge in [0.2, 0.25) is 5.95 Å². The lowest BCUT2D eigenvalue weighted by molar-refractivity contribution is -0.174. The van der Waals surface area contributed by atoms with Gasteiger partial charge in [-0.3, -0.25) is 4.79 Å². The predicted molar refractivity (Wildman–Crippen MR) is 108 cm³/mol. The van der Waals surface area contributed by atoms with E-state index in [2.05, 4.69) is 15.4 Å². The number of anilines is 1. The van der Waals surface area contributed by atoms with Crippen LogP contribution in [0.25, 0.3) is 0 Å². The van der Waals surface area contributed by atoms with Crippen LogP contribution < -0.4 is 10.1 Å². The van der Waals surface area contributed by atoms with Gasteiger partial charge in [0.1, 0.15) is 12.1 Å². The fourth-order valence-electron chi connectivity index (χ4n) is 4.38. The molecule has 3 heterocycles. The Bertz CT molecular complexity index is 906. The van der Waals surface area contributed by atoms with Gasteiger partial charge in [-0.1, -0.05) is 17.7 Å². The Morgan fingerprint density at radius 2 is 1.90 bits per heavy atom. The zero-order chi connectivity index (χ0) is 22.2. The highest BCUT2D eigenvalue weighted by Crippen LogP contribution is 2.41. The van der Waals surface area contributed by atoms with Gasteiger partial charge in [0.05, 0.1) is 0 Å². The maximum atomic E-state index is 13.5. The molecule has 2 aliphatic rings. The highest BCUT2D eigenvalue weighted by atomic mass is 19.4. The second kappa shape index (κ2) is 8.39. The number of alkyl halides is 3. The van der Waals surface area contributed by atoms with Crippen molar-refractivity contribution < 1.29 is 22.7 Å². The zero-order valence-corrected chi connectivity index (χ0v) is 17.5. The van der Waals surface area contributed by atoms with Crippen LogP contribution in [-0.2, 0) is 4.79 Å². The van der Waals surface area contributed by atoms with Crippen LogP contribution in [0.4, 0.5) is 19.1 Å².